The highest BCUT2D eigenvalue weighted by atomic mass is 32.2. The first-order valence-corrected chi connectivity index (χ1v) is 12.1. The normalized spacial score (nSPS) is 16.8. The van der Waals surface area contributed by atoms with Gasteiger partial charge in [0.1, 0.15) is 0 Å². The SMILES string of the molecule is CC(=O)N1CCCc2cc(S(=O)(=O)NCCCN3CCc4ccccc4C3)ccc21. The number of carbonyl (C=O) groups is 1. The lowest BCUT2D eigenvalue weighted by Crippen LogP contribution is -2.34. The van der Waals surface area contributed by atoms with Crippen molar-refractivity contribution in [1.29, 1.82) is 0 Å². The van der Waals surface area contributed by atoms with Crippen molar-refractivity contribution in [1.82, 2.24) is 9.62 Å². The van der Waals surface area contributed by atoms with Crippen molar-refractivity contribution in [2.45, 2.75) is 44.0 Å². The summed E-state index contributed by atoms with van der Waals surface area (Å²) in [5, 5.41) is 0. The number of hydrogen-bond acceptors (Lipinski definition) is 4. The van der Waals surface area contributed by atoms with Crippen LogP contribution in [0.4, 0.5) is 5.69 Å². The van der Waals surface area contributed by atoms with Gasteiger partial charge >= 0.3 is 0 Å². The van der Waals surface area contributed by atoms with Crippen LogP contribution in [-0.2, 0) is 34.2 Å². The maximum absolute atomic E-state index is 12.7. The van der Waals surface area contributed by atoms with E-state index in [1.165, 1.54) is 11.1 Å². The molecule has 7 heteroatoms. The molecule has 2 aliphatic rings. The lowest BCUT2D eigenvalue weighted by atomic mass is 10.00. The lowest BCUT2D eigenvalue weighted by molar-refractivity contribution is -0.116. The summed E-state index contributed by atoms with van der Waals surface area (Å²) in [7, 11) is -3.56. The van der Waals surface area contributed by atoms with Crippen LogP contribution in [0.5, 0.6) is 0 Å². The summed E-state index contributed by atoms with van der Waals surface area (Å²) in [6, 6.07) is 13.6. The van der Waals surface area contributed by atoms with Gasteiger partial charge in [0.15, 0.2) is 0 Å². The summed E-state index contributed by atoms with van der Waals surface area (Å²) < 4.78 is 28.2. The van der Waals surface area contributed by atoms with E-state index in [1.54, 1.807) is 30.0 Å². The zero-order valence-electron chi connectivity index (χ0n) is 17.4. The highest BCUT2D eigenvalue weighted by Crippen LogP contribution is 2.29. The number of hydrogen-bond donors (Lipinski definition) is 1. The van der Waals surface area contributed by atoms with Crippen LogP contribution >= 0.6 is 0 Å². The molecule has 0 aliphatic carbocycles. The summed E-state index contributed by atoms with van der Waals surface area (Å²) in [5.41, 5.74) is 4.55. The van der Waals surface area contributed by atoms with Crippen molar-refractivity contribution in [3.63, 3.8) is 0 Å². The van der Waals surface area contributed by atoms with Gasteiger partial charge in [-0.3, -0.25) is 9.69 Å². The van der Waals surface area contributed by atoms with E-state index in [9.17, 15) is 13.2 Å². The van der Waals surface area contributed by atoms with E-state index in [4.69, 9.17) is 0 Å². The number of nitrogens with zero attached hydrogens (tertiary/aromatic N) is 2. The first-order chi connectivity index (χ1) is 14.4. The Kier molecular flexibility index (Phi) is 6.22. The molecule has 160 valence electrons. The lowest BCUT2D eigenvalue weighted by Gasteiger charge is -2.29. The first-order valence-electron chi connectivity index (χ1n) is 10.6. The number of rotatable bonds is 6. The maximum atomic E-state index is 12.7. The summed E-state index contributed by atoms with van der Waals surface area (Å²) in [4.78, 5) is 16.2. The number of carbonyl (C=O) groups excluding carboxylic acids is 1. The Hall–Kier alpha value is -2.22. The van der Waals surface area contributed by atoms with Crippen molar-refractivity contribution in [2.24, 2.45) is 0 Å². The predicted octanol–water partition coefficient (Wildman–Crippen LogP) is 2.71. The number of sulfonamides is 1. The molecule has 0 aromatic heterocycles. The Morgan fingerprint density at radius 2 is 1.83 bits per heavy atom. The average Bonchev–Trinajstić information content (AvgIpc) is 2.75. The van der Waals surface area contributed by atoms with E-state index in [1.807, 2.05) is 0 Å². The number of nitrogens with one attached hydrogen (secondary N) is 1. The molecule has 0 spiro atoms. The molecule has 0 bridgehead atoms. The number of benzene rings is 2. The molecule has 0 unspecified atom stereocenters. The molecular formula is C23H29N3O3S. The minimum absolute atomic E-state index is 0.00924. The van der Waals surface area contributed by atoms with Gasteiger partial charge in [-0.05, 0) is 67.1 Å². The van der Waals surface area contributed by atoms with E-state index >= 15 is 0 Å². The third kappa shape index (κ3) is 4.58. The molecule has 0 atom stereocenters. The summed E-state index contributed by atoms with van der Waals surface area (Å²) in [5.74, 6) is -0.00924. The third-order valence-electron chi connectivity index (χ3n) is 6.01. The fourth-order valence-electron chi connectivity index (χ4n) is 4.41. The van der Waals surface area contributed by atoms with E-state index in [0.717, 1.165) is 56.6 Å². The molecule has 30 heavy (non-hydrogen) atoms. The van der Waals surface area contributed by atoms with E-state index in [2.05, 4.69) is 33.9 Å². The van der Waals surface area contributed by atoms with Crippen molar-refractivity contribution in [3.05, 3.63) is 59.2 Å². The Balaban J connectivity index is 1.32. The van der Waals surface area contributed by atoms with Crippen LogP contribution in [0.15, 0.2) is 47.4 Å². The van der Waals surface area contributed by atoms with Gasteiger partial charge in [0.05, 0.1) is 4.90 Å². The zero-order valence-corrected chi connectivity index (χ0v) is 18.2. The molecule has 0 radical (unpaired) electrons. The van der Waals surface area contributed by atoms with E-state index in [0.29, 0.717) is 13.1 Å². The van der Waals surface area contributed by atoms with Crippen molar-refractivity contribution >= 4 is 21.6 Å². The molecule has 1 amide bonds. The van der Waals surface area contributed by atoms with Crippen LogP contribution in [0.3, 0.4) is 0 Å². The smallest absolute Gasteiger partial charge is 0.240 e. The highest BCUT2D eigenvalue weighted by molar-refractivity contribution is 7.89. The summed E-state index contributed by atoms with van der Waals surface area (Å²) in [6.07, 6.45) is 3.46. The number of amides is 1. The minimum Gasteiger partial charge on any atom is -0.312 e. The van der Waals surface area contributed by atoms with Gasteiger partial charge in [-0.1, -0.05) is 24.3 Å². The number of fused-ring (bicyclic) bond motifs is 2. The fourth-order valence-corrected chi connectivity index (χ4v) is 5.53. The predicted molar refractivity (Wildman–Crippen MR) is 118 cm³/mol. The van der Waals surface area contributed by atoms with E-state index in [-0.39, 0.29) is 10.8 Å². The second kappa shape index (κ2) is 8.88. The highest BCUT2D eigenvalue weighted by Gasteiger charge is 2.23. The monoisotopic (exact) mass is 427 g/mol. The second-order valence-electron chi connectivity index (χ2n) is 8.11. The maximum Gasteiger partial charge on any atom is 0.240 e. The Bertz CT molecular complexity index is 1040. The van der Waals surface area contributed by atoms with Crippen molar-refractivity contribution < 1.29 is 13.2 Å². The Morgan fingerprint density at radius 1 is 1.03 bits per heavy atom. The molecule has 0 fully saturated rings. The van der Waals surface area contributed by atoms with Crippen LogP contribution in [0, 0.1) is 0 Å². The van der Waals surface area contributed by atoms with Crippen LogP contribution < -0.4 is 9.62 Å². The zero-order chi connectivity index (χ0) is 21.1. The minimum atomic E-state index is -3.56. The molecular weight excluding hydrogens is 398 g/mol. The fraction of sp³-hybridized carbons (Fsp3) is 0.435. The van der Waals surface area contributed by atoms with Crippen molar-refractivity contribution in [3.8, 4) is 0 Å². The van der Waals surface area contributed by atoms with Crippen LogP contribution in [0.1, 0.15) is 36.5 Å². The summed E-state index contributed by atoms with van der Waals surface area (Å²) >= 11 is 0. The van der Waals surface area contributed by atoms with Gasteiger partial charge in [-0.25, -0.2) is 13.1 Å². The molecule has 6 nitrogen and oxygen atoms in total. The molecule has 4 rings (SSSR count). The first kappa shape index (κ1) is 21.0. The molecule has 2 heterocycles. The standard InChI is InChI=1S/C23H29N3O3S/c1-18(27)26-14-4-8-20-16-22(9-10-23(20)26)30(28,29)24-12-5-13-25-15-11-19-6-2-3-7-21(19)17-25/h2-3,6-7,9-10,16,24H,4-5,8,11-15,17H2,1H3. The largest absolute Gasteiger partial charge is 0.312 e. The number of aryl methyl sites for hydroxylation is 1. The van der Waals surface area contributed by atoms with Gasteiger partial charge in [0.2, 0.25) is 15.9 Å². The van der Waals surface area contributed by atoms with Gasteiger partial charge in [0, 0.05) is 38.8 Å². The van der Waals surface area contributed by atoms with Crippen molar-refractivity contribution in [2.75, 3.05) is 31.1 Å². The molecule has 1 N–H and O–H groups in total. The number of anilines is 1. The van der Waals surface area contributed by atoms with Gasteiger partial charge in [-0.2, -0.15) is 0 Å². The molecule has 0 saturated carbocycles. The third-order valence-corrected chi connectivity index (χ3v) is 7.47. The summed E-state index contributed by atoms with van der Waals surface area (Å²) in [6.45, 7) is 5.46. The van der Waals surface area contributed by atoms with Crippen LogP contribution in [0.25, 0.3) is 0 Å². The van der Waals surface area contributed by atoms with Gasteiger partial charge in [0.25, 0.3) is 0 Å². The Morgan fingerprint density at radius 3 is 2.63 bits per heavy atom. The molecule has 2 aromatic rings. The molecule has 0 saturated heterocycles. The Labute approximate surface area is 178 Å². The quantitative estimate of drug-likeness (QED) is 0.720. The molecule has 2 aliphatic heterocycles. The van der Waals surface area contributed by atoms with Crippen LogP contribution in [-0.4, -0.2) is 45.4 Å². The van der Waals surface area contributed by atoms with Gasteiger partial charge in [-0.15, -0.1) is 0 Å². The second-order valence-corrected chi connectivity index (χ2v) is 9.88. The topological polar surface area (TPSA) is 69.7 Å². The average molecular weight is 428 g/mol. The van der Waals surface area contributed by atoms with E-state index < -0.39 is 10.0 Å². The molecule has 2 aromatic carbocycles. The van der Waals surface area contributed by atoms with Crippen LogP contribution in [0.2, 0.25) is 0 Å². The van der Waals surface area contributed by atoms with Gasteiger partial charge < -0.3 is 4.90 Å².